The van der Waals surface area contributed by atoms with Gasteiger partial charge in [0, 0.05) is 6.42 Å². The second kappa shape index (κ2) is 10.8. The lowest BCUT2D eigenvalue weighted by Crippen LogP contribution is -2.51. The average Bonchev–Trinajstić information content (AvgIpc) is 3.26. The molecule has 3 saturated carbocycles. The lowest BCUT2D eigenvalue weighted by molar-refractivity contribution is -0.0594. The van der Waals surface area contributed by atoms with Crippen molar-refractivity contribution in [3.63, 3.8) is 0 Å². The number of hydrogen-bond donors (Lipinski definition) is 0. The molecule has 3 fully saturated rings. The lowest BCUT2D eigenvalue weighted by Gasteiger charge is -2.58. The van der Waals surface area contributed by atoms with E-state index in [0.717, 1.165) is 54.8 Å². The number of ether oxygens (including phenoxy) is 1. The highest BCUT2D eigenvalue weighted by molar-refractivity contribution is 5.89. The first-order chi connectivity index (χ1) is 18.2. The molecule has 0 aromatic heterocycles. The van der Waals surface area contributed by atoms with Crippen LogP contribution in [0.3, 0.4) is 0 Å². The Morgan fingerprint density at radius 2 is 1.79 bits per heavy atom. The molecule has 206 valence electrons. The molecule has 8 atom stereocenters. The molecular formula is C35H49NO2. The van der Waals surface area contributed by atoms with Crippen molar-refractivity contribution < 1.29 is 9.53 Å². The van der Waals surface area contributed by atoms with Crippen LogP contribution in [-0.4, -0.2) is 12.1 Å². The zero-order valence-electron chi connectivity index (χ0n) is 24.5. The molecular weight excluding hydrogens is 466 g/mol. The molecule has 0 aliphatic heterocycles. The molecule has 0 spiro atoms. The van der Waals surface area contributed by atoms with Crippen LogP contribution in [0, 0.1) is 57.7 Å². The van der Waals surface area contributed by atoms with Gasteiger partial charge in [-0.25, -0.2) is 4.79 Å². The molecule has 4 aliphatic rings. The second-order valence-corrected chi connectivity index (χ2v) is 14.2. The smallest absolute Gasteiger partial charge is 0.338 e. The fourth-order valence-electron chi connectivity index (χ4n) is 9.65. The second-order valence-electron chi connectivity index (χ2n) is 14.2. The van der Waals surface area contributed by atoms with Crippen molar-refractivity contribution in [2.45, 2.75) is 111 Å². The molecule has 3 heteroatoms. The topological polar surface area (TPSA) is 50.1 Å². The molecule has 0 heterocycles. The molecule has 0 bridgehead atoms. The molecule has 0 saturated heterocycles. The number of esters is 1. The van der Waals surface area contributed by atoms with Crippen LogP contribution in [0.1, 0.15) is 121 Å². The van der Waals surface area contributed by atoms with Gasteiger partial charge < -0.3 is 4.74 Å². The summed E-state index contributed by atoms with van der Waals surface area (Å²) < 4.78 is 5.99. The minimum absolute atomic E-state index is 0.0366. The Morgan fingerprint density at radius 3 is 2.50 bits per heavy atom. The van der Waals surface area contributed by atoms with Gasteiger partial charge in [0.1, 0.15) is 6.10 Å². The Bertz CT molecular complexity index is 1080. The highest BCUT2D eigenvalue weighted by atomic mass is 16.5. The number of hydrogen-bond acceptors (Lipinski definition) is 3. The van der Waals surface area contributed by atoms with Crippen molar-refractivity contribution in [1.82, 2.24) is 0 Å². The largest absolute Gasteiger partial charge is 0.458 e. The molecule has 0 N–H and O–H groups in total. The van der Waals surface area contributed by atoms with Gasteiger partial charge in [-0.3, -0.25) is 0 Å². The summed E-state index contributed by atoms with van der Waals surface area (Å²) in [5.74, 6) is 4.80. The SMILES string of the molecule is CC(C)CCCC(C)C1CCC2C3CC=C4CC(OC(=O)c5ccc(C#N)cc5)CCC4(C)C3CCC12C. The quantitative estimate of drug-likeness (QED) is 0.269. The fraction of sp³-hybridized carbons (Fsp3) is 0.714. The molecule has 5 rings (SSSR count). The van der Waals surface area contributed by atoms with E-state index in [1.54, 1.807) is 29.8 Å². The van der Waals surface area contributed by atoms with Gasteiger partial charge >= 0.3 is 5.97 Å². The number of nitriles is 1. The summed E-state index contributed by atoms with van der Waals surface area (Å²) >= 11 is 0. The molecule has 4 aliphatic carbocycles. The average molecular weight is 516 g/mol. The third-order valence-corrected chi connectivity index (χ3v) is 11.8. The molecule has 3 nitrogen and oxygen atoms in total. The fourth-order valence-corrected chi connectivity index (χ4v) is 9.65. The number of rotatable bonds is 7. The molecule has 1 aromatic rings. The highest BCUT2D eigenvalue weighted by Gasteiger charge is 2.59. The van der Waals surface area contributed by atoms with E-state index >= 15 is 0 Å². The van der Waals surface area contributed by atoms with Gasteiger partial charge in [-0.2, -0.15) is 5.26 Å². The Kier molecular flexibility index (Phi) is 7.83. The van der Waals surface area contributed by atoms with Crippen molar-refractivity contribution in [1.29, 1.82) is 5.26 Å². The molecule has 1 aromatic carbocycles. The number of carbonyl (C=O) groups is 1. The maximum absolute atomic E-state index is 12.8. The first-order valence-corrected chi connectivity index (χ1v) is 15.6. The third-order valence-electron chi connectivity index (χ3n) is 11.8. The first kappa shape index (κ1) is 27.5. The van der Waals surface area contributed by atoms with E-state index in [2.05, 4.69) is 46.8 Å². The maximum atomic E-state index is 12.8. The Hall–Kier alpha value is -2.08. The summed E-state index contributed by atoms with van der Waals surface area (Å²) in [6.45, 7) is 12.5. The van der Waals surface area contributed by atoms with Crippen LogP contribution in [0.2, 0.25) is 0 Å². The Labute approximate surface area is 231 Å². The summed E-state index contributed by atoms with van der Waals surface area (Å²) in [6.07, 6.45) is 16.5. The number of allylic oxidation sites excluding steroid dienone is 1. The van der Waals surface area contributed by atoms with Gasteiger partial charge in [0.2, 0.25) is 0 Å². The van der Waals surface area contributed by atoms with Gasteiger partial charge in [-0.1, -0.05) is 65.5 Å². The summed E-state index contributed by atoms with van der Waals surface area (Å²) in [4.78, 5) is 12.8. The molecule has 0 radical (unpaired) electrons. The normalized spacial score (nSPS) is 36.9. The summed E-state index contributed by atoms with van der Waals surface area (Å²) in [7, 11) is 0. The van der Waals surface area contributed by atoms with Gasteiger partial charge in [0.05, 0.1) is 17.2 Å². The predicted molar refractivity (Wildman–Crippen MR) is 153 cm³/mol. The van der Waals surface area contributed by atoms with Crippen LogP contribution in [0.15, 0.2) is 35.9 Å². The number of nitrogens with zero attached hydrogens (tertiary/aromatic N) is 1. The minimum atomic E-state index is -0.259. The molecule has 8 unspecified atom stereocenters. The van der Waals surface area contributed by atoms with Crippen molar-refractivity contribution in [2.75, 3.05) is 0 Å². The highest BCUT2D eigenvalue weighted by Crippen LogP contribution is 2.67. The zero-order chi connectivity index (χ0) is 27.1. The van der Waals surface area contributed by atoms with Crippen LogP contribution in [-0.2, 0) is 4.74 Å². The van der Waals surface area contributed by atoms with Gasteiger partial charge in [-0.15, -0.1) is 0 Å². The maximum Gasteiger partial charge on any atom is 0.338 e. The molecule has 38 heavy (non-hydrogen) atoms. The number of carbonyl (C=O) groups excluding carboxylic acids is 1. The van der Waals surface area contributed by atoms with Crippen molar-refractivity contribution in [3.05, 3.63) is 47.0 Å². The van der Waals surface area contributed by atoms with E-state index in [1.165, 1.54) is 51.4 Å². The Balaban J connectivity index is 1.24. The van der Waals surface area contributed by atoms with E-state index in [1.807, 2.05) is 0 Å². The van der Waals surface area contributed by atoms with Crippen molar-refractivity contribution >= 4 is 5.97 Å². The Morgan fingerprint density at radius 1 is 1.03 bits per heavy atom. The summed E-state index contributed by atoms with van der Waals surface area (Å²) in [5, 5.41) is 9.02. The zero-order valence-corrected chi connectivity index (χ0v) is 24.5. The van der Waals surface area contributed by atoms with E-state index in [4.69, 9.17) is 10.00 Å². The monoisotopic (exact) mass is 515 g/mol. The standard InChI is InChI=1S/C35H49NO2/c1-23(2)7-6-8-24(3)30-15-16-31-29-14-13-27-21-28(38-33(37)26-11-9-25(22-36)10-12-26)17-19-34(27,4)32(29)18-20-35(30,31)5/h9-13,23-24,28-32H,6-8,14-21H2,1-5H3. The summed E-state index contributed by atoms with van der Waals surface area (Å²) in [5.41, 5.74) is 3.45. The lowest BCUT2D eigenvalue weighted by atomic mass is 9.47. The van der Waals surface area contributed by atoms with Crippen LogP contribution in [0.4, 0.5) is 0 Å². The first-order valence-electron chi connectivity index (χ1n) is 15.6. The van der Waals surface area contributed by atoms with Gasteiger partial charge in [0.25, 0.3) is 0 Å². The van der Waals surface area contributed by atoms with Crippen LogP contribution >= 0.6 is 0 Å². The van der Waals surface area contributed by atoms with Crippen LogP contribution in [0.5, 0.6) is 0 Å². The number of fused-ring (bicyclic) bond motifs is 5. The predicted octanol–water partition coefficient (Wildman–Crippen LogP) is 9.13. The van der Waals surface area contributed by atoms with Crippen LogP contribution < -0.4 is 0 Å². The van der Waals surface area contributed by atoms with E-state index < -0.39 is 0 Å². The number of benzene rings is 1. The van der Waals surface area contributed by atoms with E-state index in [9.17, 15) is 4.79 Å². The molecule has 0 amide bonds. The van der Waals surface area contributed by atoms with E-state index in [0.29, 0.717) is 16.5 Å². The van der Waals surface area contributed by atoms with Gasteiger partial charge in [0.15, 0.2) is 0 Å². The third kappa shape index (κ3) is 4.98. The van der Waals surface area contributed by atoms with Gasteiger partial charge in [-0.05, 0) is 116 Å². The van der Waals surface area contributed by atoms with E-state index in [-0.39, 0.29) is 17.5 Å². The van der Waals surface area contributed by atoms with Crippen LogP contribution in [0.25, 0.3) is 0 Å². The van der Waals surface area contributed by atoms with Crippen molar-refractivity contribution in [3.8, 4) is 6.07 Å². The minimum Gasteiger partial charge on any atom is -0.458 e. The summed E-state index contributed by atoms with van der Waals surface area (Å²) in [6, 6.07) is 8.90. The van der Waals surface area contributed by atoms with Crippen molar-refractivity contribution in [2.24, 2.45) is 46.3 Å².